The standard InChI is InChI=1S/C9H18N2O/c1-9(2,8(12)10-3)6-11-7-4-5-7/h7,11H,4-6H2,1-3H3,(H,10,12). The summed E-state index contributed by atoms with van der Waals surface area (Å²) >= 11 is 0. The highest BCUT2D eigenvalue weighted by Gasteiger charge is 2.29. The van der Waals surface area contributed by atoms with Crippen molar-refractivity contribution in [3.05, 3.63) is 0 Å². The topological polar surface area (TPSA) is 41.1 Å². The lowest BCUT2D eigenvalue weighted by molar-refractivity contribution is -0.128. The first-order valence-corrected chi connectivity index (χ1v) is 4.52. The van der Waals surface area contributed by atoms with E-state index in [1.807, 2.05) is 13.8 Å². The number of rotatable bonds is 4. The molecule has 0 heterocycles. The van der Waals surface area contributed by atoms with Crippen LogP contribution in [0.5, 0.6) is 0 Å². The van der Waals surface area contributed by atoms with E-state index in [1.165, 1.54) is 12.8 Å². The van der Waals surface area contributed by atoms with Crippen LogP contribution < -0.4 is 10.6 Å². The fourth-order valence-electron chi connectivity index (χ4n) is 1.11. The van der Waals surface area contributed by atoms with Crippen molar-refractivity contribution < 1.29 is 4.79 Å². The Labute approximate surface area is 73.9 Å². The van der Waals surface area contributed by atoms with E-state index in [0.29, 0.717) is 6.04 Å². The Bertz CT molecular complexity index is 173. The highest BCUT2D eigenvalue weighted by atomic mass is 16.2. The maximum absolute atomic E-state index is 11.3. The van der Waals surface area contributed by atoms with Gasteiger partial charge in [-0.3, -0.25) is 4.79 Å². The molecule has 1 aliphatic carbocycles. The van der Waals surface area contributed by atoms with E-state index < -0.39 is 0 Å². The van der Waals surface area contributed by atoms with Crippen LogP contribution in [0.4, 0.5) is 0 Å². The molecule has 0 atom stereocenters. The van der Waals surface area contributed by atoms with Gasteiger partial charge in [-0.15, -0.1) is 0 Å². The molecule has 1 fully saturated rings. The fourth-order valence-corrected chi connectivity index (χ4v) is 1.11. The third kappa shape index (κ3) is 2.48. The number of carbonyl (C=O) groups excluding carboxylic acids is 1. The molecule has 1 saturated carbocycles. The summed E-state index contributed by atoms with van der Waals surface area (Å²) in [5.41, 5.74) is -0.280. The van der Waals surface area contributed by atoms with Crippen LogP contribution in [0.15, 0.2) is 0 Å². The molecule has 1 rings (SSSR count). The highest BCUT2D eigenvalue weighted by molar-refractivity contribution is 5.81. The number of nitrogens with one attached hydrogen (secondary N) is 2. The van der Waals surface area contributed by atoms with Crippen LogP contribution in [0.2, 0.25) is 0 Å². The fraction of sp³-hybridized carbons (Fsp3) is 0.889. The first kappa shape index (κ1) is 9.52. The average molecular weight is 170 g/mol. The van der Waals surface area contributed by atoms with Gasteiger partial charge in [-0.2, -0.15) is 0 Å². The third-order valence-corrected chi connectivity index (χ3v) is 2.25. The van der Waals surface area contributed by atoms with Crippen LogP contribution in [0.3, 0.4) is 0 Å². The highest BCUT2D eigenvalue weighted by Crippen LogP contribution is 2.21. The van der Waals surface area contributed by atoms with E-state index in [2.05, 4.69) is 10.6 Å². The van der Waals surface area contributed by atoms with E-state index in [1.54, 1.807) is 7.05 Å². The molecular formula is C9H18N2O. The van der Waals surface area contributed by atoms with Crippen LogP contribution >= 0.6 is 0 Å². The molecule has 0 radical (unpaired) electrons. The van der Waals surface area contributed by atoms with Gasteiger partial charge in [0.2, 0.25) is 5.91 Å². The largest absolute Gasteiger partial charge is 0.359 e. The van der Waals surface area contributed by atoms with Crippen molar-refractivity contribution in [3.63, 3.8) is 0 Å². The van der Waals surface area contributed by atoms with Crippen molar-refractivity contribution in [3.8, 4) is 0 Å². The van der Waals surface area contributed by atoms with E-state index >= 15 is 0 Å². The van der Waals surface area contributed by atoms with Crippen molar-refractivity contribution in [2.75, 3.05) is 13.6 Å². The molecule has 1 amide bonds. The summed E-state index contributed by atoms with van der Waals surface area (Å²) in [6.07, 6.45) is 2.54. The van der Waals surface area contributed by atoms with Crippen LogP contribution in [0, 0.1) is 5.41 Å². The predicted octanol–water partition coefficient (Wildman–Crippen LogP) is 0.511. The molecule has 0 bridgehead atoms. The zero-order chi connectivity index (χ0) is 9.19. The average Bonchev–Trinajstić information content (AvgIpc) is 2.82. The van der Waals surface area contributed by atoms with Gasteiger partial charge in [0.15, 0.2) is 0 Å². The minimum atomic E-state index is -0.280. The zero-order valence-electron chi connectivity index (χ0n) is 8.11. The summed E-state index contributed by atoms with van der Waals surface area (Å²) < 4.78 is 0. The van der Waals surface area contributed by atoms with Gasteiger partial charge in [0, 0.05) is 19.6 Å². The van der Waals surface area contributed by atoms with Gasteiger partial charge < -0.3 is 10.6 Å². The first-order chi connectivity index (χ1) is 5.56. The zero-order valence-corrected chi connectivity index (χ0v) is 8.11. The molecule has 0 aromatic carbocycles. The number of carbonyl (C=O) groups is 1. The second-order valence-electron chi connectivity index (χ2n) is 4.12. The SMILES string of the molecule is CNC(=O)C(C)(C)CNC1CC1. The summed E-state index contributed by atoms with van der Waals surface area (Å²) in [4.78, 5) is 11.3. The van der Waals surface area contributed by atoms with Crippen molar-refractivity contribution in [2.45, 2.75) is 32.7 Å². The van der Waals surface area contributed by atoms with Crippen LogP contribution in [0.1, 0.15) is 26.7 Å². The van der Waals surface area contributed by atoms with Crippen LogP contribution in [0.25, 0.3) is 0 Å². The molecule has 1 aliphatic rings. The minimum absolute atomic E-state index is 0.107. The van der Waals surface area contributed by atoms with Gasteiger partial charge in [0.25, 0.3) is 0 Å². The van der Waals surface area contributed by atoms with Crippen molar-refractivity contribution in [1.82, 2.24) is 10.6 Å². The molecule has 0 unspecified atom stereocenters. The van der Waals surface area contributed by atoms with Gasteiger partial charge in [0.05, 0.1) is 5.41 Å². The van der Waals surface area contributed by atoms with Crippen molar-refractivity contribution in [2.24, 2.45) is 5.41 Å². The Balaban J connectivity index is 2.29. The molecule has 0 spiro atoms. The smallest absolute Gasteiger partial charge is 0.226 e. The second-order valence-corrected chi connectivity index (χ2v) is 4.12. The van der Waals surface area contributed by atoms with Gasteiger partial charge >= 0.3 is 0 Å². The molecule has 0 aliphatic heterocycles. The quantitative estimate of drug-likeness (QED) is 0.645. The summed E-state index contributed by atoms with van der Waals surface area (Å²) in [5.74, 6) is 0.107. The van der Waals surface area contributed by atoms with Crippen LogP contribution in [-0.2, 0) is 4.79 Å². The molecule has 70 valence electrons. The van der Waals surface area contributed by atoms with E-state index in [9.17, 15) is 4.79 Å². The minimum Gasteiger partial charge on any atom is -0.359 e. The monoisotopic (exact) mass is 170 g/mol. The Morgan fingerprint density at radius 2 is 2.08 bits per heavy atom. The normalized spacial score (nSPS) is 17.6. The number of hydrogen-bond acceptors (Lipinski definition) is 2. The third-order valence-electron chi connectivity index (χ3n) is 2.25. The molecule has 0 aromatic rings. The summed E-state index contributed by atoms with van der Waals surface area (Å²) in [6.45, 7) is 4.69. The summed E-state index contributed by atoms with van der Waals surface area (Å²) in [7, 11) is 1.68. The molecule has 3 heteroatoms. The van der Waals surface area contributed by atoms with Crippen LogP contribution in [-0.4, -0.2) is 25.5 Å². The molecule has 0 aromatic heterocycles. The van der Waals surface area contributed by atoms with E-state index in [-0.39, 0.29) is 11.3 Å². The Morgan fingerprint density at radius 3 is 2.50 bits per heavy atom. The number of amides is 1. The van der Waals surface area contributed by atoms with Gasteiger partial charge in [-0.25, -0.2) is 0 Å². The molecule has 12 heavy (non-hydrogen) atoms. The Morgan fingerprint density at radius 1 is 1.50 bits per heavy atom. The number of hydrogen-bond donors (Lipinski definition) is 2. The summed E-state index contributed by atoms with van der Waals surface area (Å²) in [6, 6.07) is 0.675. The lowest BCUT2D eigenvalue weighted by Gasteiger charge is -2.22. The Kier molecular flexibility index (Phi) is 2.73. The van der Waals surface area contributed by atoms with Crippen molar-refractivity contribution >= 4 is 5.91 Å². The maximum atomic E-state index is 11.3. The molecule has 2 N–H and O–H groups in total. The van der Waals surface area contributed by atoms with Gasteiger partial charge in [0.1, 0.15) is 0 Å². The molecule has 3 nitrogen and oxygen atoms in total. The first-order valence-electron chi connectivity index (χ1n) is 4.52. The van der Waals surface area contributed by atoms with Crippen molar-refractivity contribution in [1.29, 1.82) is 0 Å². The lowest BCUT2D eigenvalue weighted by atomic mass is 9.92. The van der Waals surface area contributed by atoms with Gasteiger partial charge in [-0.1, -0.05) is 0 Å². The maximum Gasteiger partial charge on any atom is 0.226 e. The lowest BCUT2D eigenvalue weighted by Crippen LogP contribution is -2.42. The predicted molar refractivity (Wildman–Crippen MR) is 48.9 cm³/mol. The second kappa shape index (κ2) is 3.44. The molecular weight excluding hydrogens is 152 g/mol. The van der Waals surface area contributed by atoms with Gasteiger partial charge in [-0.05, 0) is 26.7 Å². The molecule has 0 saturated heterocycles. The van der Waals surface area contributed by atoms with E-state index in [4.69, 9.17) is 0 Å². The van der Waals surface area contributed by atoms with E-state index in [0.717, 1.165) is 6.54 Å². The Hall–Kier alpha value is -0.570. The summed E-state index contributed by atoms with van der Waals surface area (Å²) in [5, 5.41) is 6.02.